The van der Waals surface area contributed by atoms with Crippen molar-refractivity contribution in [3.8, 4) is 0 Å². The standard InChI is InChI=1S/2C13H18N4O3.C6Br2F4/c2*1-9(18)6-4-5-7-17-12(19)10-11(14-8-15(10)2)16(3)13(17)20;7-1-3(9)5(11)2(8)6(12)4(1)10/h2*8H,4-7H2,1-3H3;. The van der Waals surface area contributed by atoms with Crippen molar-refractivity contribution in [2.75, 3.05) is 0 Å². The fourth-order valence-electron chi connectivity index (χ4n) is 5.05. The summed E-state index contributed by atoms with van der Waals surface area (Å²) in [5.41, 5.74) is 0.215. The fourth-order valence-corrected chi connectivity index (χ4v) is 5.75. The summed E-state index contributed by atoms with van der Waals surface area (Å²) in [6.45, 7) is 3.71. The molecule has 282 valence electrons. The quantitative estimate of drug-likeness (QED) is 0.0878. The molecule has 52 heavy (non-hydrogen) atoms. The highest BCUT2D eigenvalue weighted by molar-refractivity contribution is 9.11. The van der Waals surface area contributed by atoms with Crippen LogP contribution >= 0.6 is 31.9 Å². The van der Waals surface area contributed by atoms with Gasteiger partial charge in [0.25, 0.3) is 11.1 Å². The molecule has 5 rings (SSSR count). The molecule has 14 nitrogen and oxygen atoms in total. The Hall–Kier alpha value is -4.46. The molecule has 0 saturated carbocycles. The van der Waals surface area contributed by atoms with Gasteiger partial charge in [-0.05, 0) is 71.4 Å². The number of carbonyl (C=O) groups is 2. The Morgan fingerprint density at radius 3 is 1.19 bits per heavy atom. The number of imidazole rings is 2. The topological polar surface area (TPSA) is 158 Å². The third kappa shape index (κ3) is 9.12. The van der Waals surface area contributed by atoms with Gasteiger partial charge in [-0.25, -0.2) is 37.1 Å². The van der Waals surface area contributed by atoms with Crippen LogP contribution in [-0.4, -0.2) is 48.9 Å². The van der Waals surface area contributed by atoms with Crippen molar-refractivity contribution in [2.24, 2.45) is 28.2 Å². The molecule has 0 N–H and O–H groups in total. The number of benzene rings is 1. The Morgan fingerprint density at radius 1 is 0.596 bits per heavy atom. The molecule has 4 heterocycles. The maximum atomic E-state index is 12.6. The van der Waals surface area contributed by atoms with Crippen LogP contribution in [0, 0.1) is 23.3 Å². The van der Waals surface area contributed by atoms with E-state index in [0.717, 1.165) is 0 Å². The first-order valence-corrected chi connectivity index (χ1v) is 17.3. The highest BCUT2D eigenvalue weighted by Gasteiger charge is 2.22. The van der Waals surface area contributed by atoms with E-state index in [-0.39, 0.29) is 34.1 Å². The lowest BCUT2D eigenvalue weighted by atomic mass is 10.2. The molecule has 0 saturated heterocycles. The highest BCUT2D eigenvalue weighted by Crippen LogP contribution is 2.31. The molecule has 20 heteroatoms. The van der Waals surface area contributed by atoms with Crippen LogP contribution in [0.2, 0.25) is 0 Å². The number of carbonyl (C=O) groups excluding carboxylic acids is 2. The third-order valence-electron chi connectivity index (χ3n) is 7.88. The molecular weight excluding hydrogens is 828 g/mol. The molecule has 0 atom stereocenters. The van der Waals surface area contributed by atoms with Gasteiger partial charge < -0.3 is 18.7 Å². The van der Waals surface area contributed by atoms with E-state index in [1.807, 2.05) is 0 Å². The summed E-state index contributed by atoms with van der Waals surface area (Å²) < 4.78 is 57.0. The average molecular weight is 864 g/mol. The van der Waals surface area contributed by atoms with E-state index in [0.29, 0.717) is 73.9 Å². The van der Waals surface area contributed by atoms with Gasteiger partial charge in [-0.3, -0.25) is 27.9 Å². The first kappa shape index (κ1) is 42.0. The largest absolute Gasteiger partial charge is 0.332 e. The van der Waals surface area contributed by atoms with Crippen LogP contribution in [0.1, 0.15) is 52.4 Å². The van der Waals surface area contributed by atoms with Gasteiger partial charge in [0.05, 0.1) is 21.6 Å². The minimum atomic E-state index is -1.46. The van der Waals surface area contributed by atoms with Gasteiger partial charge in [-0.15, -0.1) is 0 Å². The minimum Gasteiger partial charge on any atom is -0.328 e. The fraction of sp³-hybridized carbons (Fsp3) is 0.438. The molecule has 5 aromatic rings. The molecule has 0 fully saturated rings. The summed E-state index contributed by atoms with van der Waals surface area (Å²) in [5.74, 6) is -5.59. The Balaban J connectivity index is 0.000000218. The number of Topliss-reactive ketones (excluding diaryl/α,β-unsaturated/α-hetero) is 2. The number of halogens is 6. The van der Waals surface area contributed by atoms with Crippen molar-refractivity contribution in [1.82, 2.24) is 37.4 Å². The summed E-state index contributed by atoms with van der Waals surface area (Å²) in [5, 5.41) is 0. The van der Waals surface area contributed by atoms with Crippen molar-refractivity contribution in [3.63, 3.8) is 0 Å². The van der Waals surface area contributed by atoms with Crippen LogP contribution in [0.15, 0.2) is 40.8 Å². The Labute approximate surface area is 309 Å². The molecule has 0 aliphatic heterocycles. The van der Waals surface area contributed by atoms with E-state index in [1.165, 1.54) is 44.8 Å². The third-order valence-corrected chi connectivity index (χ3v) is 9.27. The van der Waals surface area contributed by atoms with Gasteiger partial charge in [-0.1, -0.05) is 0 Å². The van der Waals surface area contributed by atoms with E-state index in [9.17, 15) is 46.3 Å². The number of hydrogen-bond donors (Lipinski definition) is 0. The molecular formula is C32H36Br2F4N8O6. The molecule has 0 bridgehead atoms. The lowest BCUT2D eigenvalue weighted by Gasteiger charge is -2.08. The van der Waals surface area contributed by atoms with Gasteiger partial charge >= 0.3 is 11.4 Å². The number of hydrogen-bond acceptors (Lipinski definition) is 8. The summed E-state index contributed by atoms with van der Waals surface area (Å²) >= 11 is 4.73. The molecule has 0 amide bonds. The second kappa shape index (κ2) is 17.8. The van der Waals surface area contributed by atoms with Crippen molar-refractivity contribution in [2.45, 2.75) is 65.5 Å². The van der Waals surface area contributed by atoms with Crippen LogP contribution in [0.5, 0.6) is 0 Å². The molecule has 1 aromatic carbocycles. The molecule has 4 aromatic heterocycles. The van der Waals surface area contributed by atoms with Crippen molar-refractivity contribution >= 4 is 65.8 Å². The van der Waals surface area contributed by atoms with Gasteiger partial charge in [0.2, 0.25) is 0 Å². The highest BCUT2D eigenvalue weighted by atomic mass is 79.9. The normalized spacial score (nSPS) is 11.0. The lowest BCUT2D eigenvalue weighted by Crippen LogP contribution is -2.39. The second-order valence-electron chi connectivity index (χ2n) is 11.9. The number of rotatable bonds is 10. The van der Waals surface area contributed by atoms with Gasteiger partial charge in [0.15, 0.2) is 45.6 Å². The van der Waals surface area contributed by atoms with Crippen LogP contribution in [0.4, 0.5) is 17.6 Å². The maximum Gasteiger partial charge on any atom is 0.332 e. The zero-order valence-electron chi connectivity index (χ0n) is 29.1. The summed E-state index contributed by atoms with van der Waals surface area (Å²) in [7, 11) is 6.65. The van der Waals surface area contributed by atoms with E-state index < -0.39 is 32.2 Å². The van der Waals surface area contributed by atoms with Gasteiger partial charge in [-0.2, -0.15) is 0 Å². The van der Waals surface area contributed by atoms with Crippen LogP contribution in [-0.2, 0) is 50.9 Å². The molecule has 0 spiro atoms. The number of aromatic nitrogens is 8. The number of unbranched alkanes of at least 4 members (excludes halogenated alkanes) is 2. The zero-order chi connectivity index (χ0) is 39.2. The minimum absolute atomic E-state index is 0.118. The predicted octanol–water partition coefficient (Wildman–Crippen LogP) is 4.15. The average Bonchev–Trinajstić information content (AvgIpc) is 3.69. The van der Waals surface area contributed by atoms with Gasteiger partial charge in [0, 0.05) is 54.1 Å². The number of nitrogens with zero attached hydrogens (tertiary/aromatic N) is 8. The SMILES string of the molecule is CC(=O)CCCCn1c(=O)c2c(ncn2C)n(C)c1=O.CC(=O)CCCCn1c(=O)c2c(ncn2C)n(C)c1=O.Fc1c(F)c(Br)c(F)c(F)c1Br. The maximum absolute atomic E-state index is 12.6. The lowest BCUT2D eigenvalue weighted by molar-refractivity contribution is -0.118. The van der Waals surface area contributed by atoms with E-state index >= 15 is 0 Å². The van der Waals surface area contributed by atoms with Crippen LogP contribution in [0.3, 0.4) is 0 Å². The first-order chi connectivity index (χ1) is 24.3. The van der Waals surface area contributed by atoms with Crippen molar-refractivity contribution < 1.29 is 27.2 Å². The molecule has 0 aliphatic carbocycles. The van der Waals surface area contributed by atoms with E-state index in [2.05, 4.69) is 41.8 Å². The summed E-state index contributed by atoms with van der Waals surface area (Å²) in [4.78, 5) is 78.9. The molecule has 0 radical (unpaired) electrons. The number of fused-ring (bicyclic) bond motifs is 2. The Kier molecular flexibility index (Phi) is 14.4. The Morgan fingerprint density at radius 2 is 0.904 bits per heavy atom. The zero-order valence-corrected chi connectivity index (χ0v) is 32.3. The van der Waals surface area contributed by atoms with Crippen LogP contribution < -0.4 is 22.5 Å². The summed E-state index contributed by atoms with van der Waals surface area (Å²) in [6.07, 6.45) is 6.59. The Bertz CT molecular complexity index is 2160. The van der Waals surface area contributed by atoms with E-state index in [1.54, 1.807) is 37.3 Å². The van der Waals surface area contributed by atoms with Crippen molar-refractivity contribution in [1.29, 1.82) is 0 Å². The molecule has 0 unspecified atom stereocenters. The number of ketones is 2. The smallest absolute Gasteiger partial charge is 0.328 e. The second-order valence-corrected chi connectivity index (χ2v) is 13.4. The van der Waals surface area contributed by atoms with Crippen LogP contribution in [0.25, 0.3) is 22.3 Å². The predicted molar refractivity (Wildman–Crippen MR) is 191 cm³/mol. The number of aryl methyl sites for hydroxylation is 4. The first-order valence-electron chi connectivity index (χ1n) is 15.7. The monoisotopic (exact) mass is 862 g/mol. The molecule has 0 aliphatic rings. The summed E-state index contributed by atoms with van der Waals surface area (Å²) in [6, 6.07) is 0. The van der Waals surface area contributed by atoms with E-state index in [4.69, 9.17) is 0 Å². The van der Waals surface area contributed by atoms with Crippen molar-refractivity contribution in [3.05, 3.63) is 86.5 Å². The van der Waals surface area contributed by atoms with Gasteiger partial charge in [0.1, 0.15) is 11.6 Å².